The van der Waals surface area contributed by atoms with Crippen molar-refractivity contribution >= 4 is 16.5 Å². The summed E-state index contributed by atoms with van der Waals surface area (Å²) in [6.45, 7) is 3.01. The monoisotopic (exact) mass is 240 g/mol. The number of nitrogens with zero attached hydrogens (tertiary/aromatic N) is 4. The van der Waals surface area contributed by atoms with Crippen LogP contribution in [0.4, 0.5) is 5.13 Å². The van der Waals surface area contributed by atoms with Gasteiger partial charge in [0.15, 0.2) is 0 Å². The largest absolute Gasteiger partial charge is 0.328 e. The van der Waals surface area contributed by atoms with Crippen LogP contribution >= 0.6 is 11.3 Å². The average Bonchev–Trinajstić information content (AvgIpc) is 2.88. The zero-order valence-corrected chi connectivity index (χ0v) is 9.57. The van der Waals surface area contributed by atoms with E-state index in [0.717, 1.165) is 5.01 Å². The van der Waals surface area contributed by atoms with Gasteiger partial charge in [0.05, 0.1) is 6.54 Å². The molecule has 2 aromatic heterocycles. The van der Waals surface area contributed by atoms with Gasteiger partial charge in [-0.15, -0.1) is 10.2 Å². The minimum Gasteiger partial charge on any atom is -0.300 e. The molecule has 7 nitrogen and oxygen atoms in total. The summed E-state index contributed by atoms with van der Waals surface area (Å²) in [6, 6.07) is 0. The van der Waals surface area contributed by atoms with Crippen molar-refractivity contribution < 1.29 is 0 Å². The average molecular weight is 240 g/mol. The number of imidazole rings is 1. The van der Waals surface area contributed by atoms with Crippen LogP contribution in [0.1, 0.15) is 11.9 Å². The van der Waals surface area contributed by atoms with Gasteiger partial charge < -0.3 is 0 Å². The van der Waals surface area contributed by atoms with Crippen molar-refractivity contribution in [1.29, 1.82) is 0 Å². The fourth-order valence-corrected chi connectivity index (χ4v) is 1.99. The van der Waals surface area contributed by atoms with E-state index in [1.165, 1.54) is 11.3 Å². The van der Waals surface area contributed by atoms with Gasteiger partial charge in [-0.3, -0.25) is 14.6 Å². The van der Waals surface area contributed by atoms with Gasteiger partial charge >= 0.3 is 5.69 Å². The summed E-state index contributed by atoms with van der Waals surface area (Å²) in [4.78, 5) is 11.7. The van der Waals surface area contributed by atoms with Crippen LogP contribution < -0.4 is 17.0 Å². The molecule has 8 heteroatoms. The maximum absolute atomic E-state index is 11.7. The standard InChI is InChI=1S/C8H12N6OS/c1-2-13-3-4-14(8(13)15)5-6-11-12-7(10-9)16-6/h3-4H,2,5,9H2,1H3,(H,10,12). The van der Waals surface area contributed by atoms with Gasteiger partial charge in [0.25, 0.3) is 0 Å². The third kappa shape index (κ3) is 1.97. The van der Waals surface area contributed by atoms with E-state index >= 15 is 0 Å². The molecular formula is C8H12N6OS. The molecular weight excluding hydrogens is 228 g/mol. The second kappa shape index (κ2) is 4.45. The molecule has 86 valence electrons. The molecule has 2 heterocycles. The molecule has 0 saturated heterocycles. The number of nitrogens with two attached hydrogens (primary N) is 1. The molecule has 0 aromatic carbocycles. The highest BCUT2D eigenvalue weighted by atomic mass is 32.1. The second-order valence-electron chi connectivity index (χ2n) is 3.14. The molecule has 0 radical (unpaired) electrons. The predicted octanol–water partition coefficient (Wildman–Crippen LogP) is -0.145. The molecule has 0 unspecified atom stereocenters. The van der Waals surface area contributed by atoms with Gasteiger partial charge in [-0.25, -0.2) is 10.6 Å². The Hall–Kier alpha value is -1.67. The first-order chi connectivity index (χ1) is 7.74. The zero-order valence-electron chi connectivity index (χ0n) is 8.75. The Morgan fingerprint density at radius 3 is 2.75 bits per heavy atom. The second-order valence-corrected chi connectivity index (χ2v) is 4.20. The Morgan fingerprint density at radius 1 is 1.44 bits per heavy atom. The molecule has 0 atom stereocenters. The van der Waals surface area contributed by atoms with E-state index in [4.69, 9.17) is 5.84 Å². The summed E-state index contributed by atoms with van der Waals surface area (Å²) in [5.74, 6) is 5.20. The number of hydrogen-bond donors (Lipinski definition) is 2. The predicted molar refractivity (Wildman–Crippen MR) is 61.2 cm³/mol. The molecule has 3 N–H and O–H groups in total. The molecule has 0 saturated carbocycles. The lowest BCUT2D eigenvalue weighted by Gasteiger charge is -1.96. The molecule has 2 aromatic rings. The third-order valence-electron chi connectivity index (χ3n) is 2.15. The van der Waals surface area contributed by atoms with Gasteiger partial charge in [0.1, 0.15) is 5.01 Å². The van der Waals surface area contributed by atoms with Gasteiger partial charge in [-0.1, -0.05) is 11.3 Å². The molecule has 0 fully saturated rings. The highest BCUT2D eigenvalue weighted by molar-refractivity contribution is 7.15. The zero-order chi connectivity index (χ0) is 11.5. The van der Waals surface area contributed by atoms with E-state index < -0.39 is 0 Å². The number of rotatable bonds is 4. The highest BCUT2D eigenvalue weighted by Crippen LogP contribution is 2.13. The summed E-state index contributed by atoms with van der Waals surface area (Å²) >= 11 is 1.33. The first-order valence-electron chi connectivity index (χ1n) is 4.79. The maximum Gasteiger partial charge on any atom is 0.328 e. The van der Waals surface area contributed by atoms with Crippen molar-refractivity contribution in [3.63, 3.8) is 0 Å². The molecule has 0 aliphatic carbocycles. The first-order valence-corrected chi connectivity index (χ1v) is 5.60. The fraction of sp³-hybridized carbons (Fsp3) is 0.375. The summed E-state index contributed by atoms with van der Waals surface area (Å²) in [7, 11) is 0. The normalized spacial score (nSPS) is 10.6. The van der Waals surface area contributed by atoms with Crippen LogP contribution in [0.5, 0.6) is 0 Å². The van der Waals surface area contributed by atoms with Crippen molar-refractivity contribution in [3.05, 3.63) is 27.9 Å². The highest BCUT2D eigenvalue weighted by Gasteiger charge is 2.06. The van der Waals surface area contributed by atoms with E-state index in [1.54, 1.807) is 21.5 Å². The van der Waals surface area contributed by atoms with Crippen LogP contribution in [0.15, 0.2) is 17.2 Å². The van der Waals surface area contributed by atoms with E-state index in [2.05, 4.69) is 15.6 Å². The van der Waals surface area contributed by atoms with Crippen LogP contribution in [-0.4, -0.2) is 19.3 Å². The van der Waals surface area contributed by atoms with Gasteiger partial charge in [-0.2, -0.15) is 0 Å². The van der Waals surface area contributed by atoms with Crippen molar-refractivity contribution in [2.45, 2.75) is 20.0 Å². The van der Waals surface area contributed by atoms with Gasteiger partial charge in [0, 0.05) is 18.9 Å². The molecule has 0 aliphatic heterocycles. The van der Waals surface area contributed by atoms with Crippen LogP contribution in [0.2, 0.25) is 0 Å². The Bertz CT molecular complexity index is 527. The van der Waals surface area contributed by atoms with Crippen LogP contribution in [0.3, 0.4) is 0 Å². The van der Waals surface area contributed by atoms with Crippen LogP contribution in [0, 0.1) is 0 Å². The Morgan fingerprint density at radius 2 is 2.19 bits per heavy atom. The molecule has 0 aliphatic rings. The molecule has 0 bridgehead atoms. The SMILES string of the molecule is CCn1ccn(Cc2nnc(NN)s2)c1=O. The lowest BCUT2D eigenvalue weighted by atomic mass is 10.6. The smallest absolute Gasteiger partial charge is 0.300 e. The summed E-state index contributed by atoms with van der Waals surface area (Å²) in [5, 5.41) is 8.99. The Balaban J connectivity index is 2.20. The maximum atomic E-state index is 11.7. The number of nitrogen functional groups attached to an aromatic ring is 1. The van der Waals surface area contributed by atoms with Gasteiger partial charge in [0.2, 0.25) is 5.13 Å². The van der Waals surface area contributed by atoms with Crippen molar-refractivity contribution in [2.75, 3.05) is 5.43 Å². The summed E-state index contributed by atoms with van der Waals surface area (Å²) < 4.78 is 3.22. The topological polar surface area (TPSA) is 90.8 Å². The summed E-state index contributed by atoms with van der Waals surface area (Å²) in [5.41, 5.74) is 2.37. The quantitative estimate of drug-likeness (QED) is 0.573. The lowest BCUT2D eigenvalue weighted by Crippen LogP contribution is -2.23. The summed E-state index contributed by atoms with van der Waals surface area (Å²) in [6.07, 6.45) is 3.49. The Kier molecular flexibility index (Phi) is 3.02. The number of hydrazine groups is 1. The van der Waals surface area contributed by atoms with Crippen LogP contribution in [-0.2, 0) is 13.1 Å². The minimum absolute atomic E-state index is 0.0417. The number of hydrogen-bond acceptors (Lipinski definition) is 6. The van der Waals surface area contributed by atoms with E-state index in [-0.39, 0.29) is 5.69 Å². The van der Waals surface area contributed by atoms with Crippen LogP contribution in [0.25, 0.3) is 0 Å². The number of anilines is 1. The van der Waals surface area contributed by atoms with E-state index in [9.17, 15) is 4.79 Å². The number of nitrogens with one attached hydrogen (secondary N) is 1. The first kappa shape index (κ1) is 10.8. The third-order valence-corrected chi connectivity index (χ3v) is 2.99. The minimum atomic E-state index is -0.0417. The van der Waals surface area contributed by atoms with Crippen molar-refractivity contribution in [3.8, 4) is 0 Å². The number of aromatic nitrogens is 4. The molecule has 2 rings (SSSR count). The molecule has 0 spiro atoms. The van der Waals surface area contributed by atoms with Gasteiger partial charge in [-0.05, 0) is 6.92 Å². The molecule has 0 amide bonds. The van der Waals surface area contributed by atoms with E-state index in [0.29, 0.717) is 18.2 Å². The lowest BCUT2D eigenvalue weighted by molar-refractivity contribution is 0.664. The molecule has 16 heavy (non-hydrogen) atoms. The van der Waals surface area contributed by atoms with Crippen molar-refractivity contribution in [1.82, 2.24) is 19.3 Å². The van der Waals surface area contributed by atoms with E-state index in [1.807, 2.05) is 6.92 Å². The number of aryl methyl sites for hydroxylation is 1. The fourth-order valence-electron chi connectivity index (χ4n) is 1.34. The Labute approximate surface area is 95.5 Å². The van der Waals surface area contributed by atoms with Crippen molar-refractivity contribution in [2.24, 2.45) is 5.84 Å².